The molecule has 0 saturated carbocycles. The van der Waals surface area contributed by atoms with E-state index in [1.54, 1.807) is 19.2 Å². The van der Waals surface area contributed by atoms with Gasteiger partial charge in [0.05, 0.1) is 32.2 Å². The summed E-state index contributed by atoms with van der Waals surface area (Å²) in [6, 6.07) is 9.80. The van der Waals surface area contributed by atoms with Crippen LogP contribution < -0.4 is 30.8 Å². The van der Waals surface area contributed by atoms with Crippen molar-refractivity contribution in [2.45, 2.75) is 37.8 Å². The van der Waals surface area contributed by atoms with Gasteiger partial charge in [-0.15, -0.1) is 0 Å². The van der Waals surface area contributed by atoms with Crippen LogP contribution in [0.1, 0.15) is 29.9 Å². The van der Waals surface area contributed by atoms with Crippen LogP contribution in [0.5, 0.6) is 17.2 Å². The minimum Gasteiger partial charge on any atom is -0.496 e. The average Bonchev–Trinajstić information content (AvgIpc) is 3.26. The Morgan fingerprint density at radius 1 is 1.03 bits per heavy atom. The molecule has 3 atom stereocenters. The summed E-state index contributed by atoms with van der Waals surface area (Å²) in [5.74, 6) is 2.79. The van der Waals surface area contributed by atoms with Crippen molar-refractivity contribution in [2.24, 2.45) is 5.92 Å². The monoisotopic (exact) mass is 451 g/mol. The highest BCUT2D eigenvalue weighted by Gasteiger charge is 2.40. The molecule has 2 N–H and O–H groups in total. The van der Waals surface area contributed by atoms with Gasteiger partial charge < -0.3 is 24.5 Å². The van der Waals surface area contributed by atoms with E-state index < -0.39 is 5.69 Å². The smallest absolute Gasteiger partial charge is 0.328 e. The van der Waals surface area contributed by atoms with E-state index >= 15 is 0 Å². The second-order valence-electron chi connectivity index (χ2n) is 8.78. The zero-order valence-electron chi connectivity index (χ0n) is 19.1. The summed E-state index contributed by atoms with van der Waals surface area (Å²) in [5, 5.41) is 4.06. The highest BCUT2D eigenvalue weighted by molar-refractivity contribution is 5.81. The number of aromatic nitrogens is 2. The molecule has 2 aliphatic rings. The predicted octanol–water partition coefficient (Wildman–Crippen LogP) is 2.42. The van der Waals surface area contributed by atoms with Crippen LogP contribution in [0.3, 0.4) is 0 Å². The number of methoxy groups -OCH3 is 3. The minimum atomic E-state index is -0.409. The summed E-state index contributed by atoms with van der Waals surface area (Å²) < 4.78 is 17.5. The van der Waals surface area contributed by atoms with Gasteiger partial charge >= 0.3 is 5.69 Å². The highest BCUT2D eigenvalue weighted by atomic mass is 16.5. The molecule has 2 heterocycles. The number of nitrogens with one attached hydrogen (secondary N) is 2. The van der Waals surface area contributed by atoms with Gasteiger partial charge in [0.2, 0.25) is 0 Å². The van der Waals surface area contributed by atoms with Crippen LogP contribution in [0.15, 0.2) is 39.9 Å². The van der Waals surface area contributed by atoms with Crippen molar-refractivity contribution in [3.05, 3.63) is 62.3 Å². The van der Waals surface area contributed by atoms with Gasteiger partial charge in [0.25, 0.3) is 5.56 Å². The van der Waals surface area contributed by atoms with E-state index in [1.165, 1.54) is 29.9 Å². The van der Waals surface area contributed by atoms with Gasteiger partial charge in [0.1, 0.15) is 5.75 Å². The number of H-pyrrole nitrogens is 1. The molecule has 1 aromatic heterocycles. The SMILES string of the molecule is COc1cc2[nH]c(=O)n(CCC3NC[C@H]4c5cccc(OC)c5CC[C@H]34)c(=O)c2cc1OC. The maximum absolute atomic E-state index is 13.2. The minimum absolute atomic E-state index is 0.252. The van der Waals surface area contributed by atoms with Gasteiger partial charge in [-0.05, 0) is 48.4 Å². The van der Waals surface area contributed by atoms with Crippen molar-refractivity contribution in [2.75, 3.05) is 27.9 Å². The quantitative estimate of drug-likeness (QED) is 0.598. The van der Waals surface area contributed by atoms with E-state index in [-0.39, 0.29) is 11.6 Å². The molecule has 5 rings (SSSR count). The molecule has 1 aliphatic carbocycles. The second kappa shape index (κ2) is 8.59. The summed E-state index contributed by atoms with van der Waals surface area (Å²) in [5.41, 5.74) is 2.39. The summed E-state index contributed by atoms with van der Waals surface area (Å²) in [6.45, 7) is 1.25. The number of rotatable bonds is 6. The molecule has 0 amide bonds. The Balaban J connectivity index is 1.39. The highest BCUT2D eigenvalue weighted by Crippen LogP contribution is 2.44. The van der Waals surface area contributed by atoms with Crippen LogP contribution in [-0.4, -0.2) is 43.5 Å². The third-order valence-corrected chi connectivity index (χ3v) is 7.30. The van der Waals surface area contributed by atoms with Crippen LogP contribution in [0, 0.1) is 5.92 Å². The Hall–Kier alpha value is -3.26. The van der Waals surface area contributed by atoms with Crippen LogP contribution in [-0.2, 0) is 13.0 Å². The average molecular weight is 452 g/mol. The van der Waals surface area contributed by atoms with Crippen molar-refractivity contribution in [1.82, 2.24) is 14.9 Å². The molecule has 1 unspecified atom stereocenters. The third kappa shape index (κ3) is 3.58. The predicted molar refractivity (Wildman–Crippen MR) is 126 cm³/mol. The summed E-state index contributed by atoms with van der Waals surface area (Å²) >= 11 is 0. The molecule has 1 saturated heterocycles. The first-order valence-electron chi connectivity index (χ1n) is 11.3. The number of ether oxygens (including phenoxy) is 3. The lowest BCUT2D eigenvalue weighted by Gasteiger charge is -2.31. The van der Waals surface area contributed by atoms with Crippen molar-refractivity contribution >= 4 is 10.9 Å². The van der Waals surface area contributed by atoms with E-state index in [9.17, 15) is 9.59 Å². The van der Waals surface area contributed by atoms with Gasteiger partial charge in [-0.3, -0.25) is 9.36 Å². The molecule has 2 aromatic carbocycles. The first-order valence-corrected chi connectivity index (χ1v) is 11.3. The first kappa shape index (κ1) is 21.6. The molecule has 8 heteroatoms. The maximum Gasteiger partial charge on any atom is 0.328 e. The molecule has 8 nitrogen and oxygen atoms in total. The van der Waals surface area contributed by atoms with Crippen LogP contribution in [0.25, 0.3) is 10.9 Å². The van der Waals surface area contributed by atoms with Crippen molar-refractivity contribution in [1.29, 1.82) is 0 Å². The van der Waals surface area contributed by atoms with Gasteiger partial charge in [-0.25, -0.2) is 4.79 Å². The first-order chi connectivity index (χ1) is 16.0. The lowest BCUT2D eigenvalue weighted by molar-refractivity contribution is 0.337. The van der Waals surface area contributed by atoms with Gasteiger partial charge in [-0.2, -0.15) is 0 Å². The molecule has 0 spiro atoms. The Kier molecular flexibility index (Phi) is 5.62. The number of fused-ring (bicyclic) bond motifs is 4. The lowest BCUT2D eigenvalue weighted by atomic mass is 9.74. The molecule has 0 bridgehead atoms. The summed E-state index contributed by atoms with van der Waals surface area (Å²) in [7, 11) is 4.76. The maximum atomic E-state index is 13.2. The fourth-order valence-electron chi connectivity index (χ4n) is 5.67. The van der Waals surface area contributed by atoms with Crippen LogP contribution in [0.2, 0.25) is 0 Å². The fourth-order valence-corrected chi connectivity index (χ4v) is 5.67. The van der Waals surface area contributed by atoms with Crippen molar-refractivity contribution < 1.29 is 14.2 Å². The molecule has 1 fully saturated rings. The molecule has 174 valence electrons. The van der Waals surface area contributed by atoms with Crippen molar-refractivity contribution in [3.63, 3.8) is 0 Å². The lowest BCUT2D eigenvalue weighted by Crippen LogP contribution is -2.38. The van der Waals surface area contributed by atoms with Gasteiger partial charge in [0.15, 0.2) is 11.5 Å². The Bertz CT molecular complexity index is 1310. The van der Waals surface area contributed by atoms with Crippen LogP contribution >= 0.6 is 0 Å². The van der Waals surface area contributed by atoms with E-state index in [0.717, 1.165) is 25.1 Å². The largest absolute Gasteiger partial charge is 0.496 e. The molecular formula is C25H29N3O5. The van der Waals surface area contributed by atoms with Gasteiger partial charge in [0, 0.05) is 31.1 Å². The van der Waals surface area contributed by atoms with E-state index in [4.69, 9.17) is 14.2 Å². The number of hydrogen-bond donors (Lipinski definition) is 2. The van der Waals surface area contributed by atoms with E-state index in [1.807, 2.05) is 6.07 Å². The molecule has 1 aliphatic heterocycles. The molecule has 0 radical (unpaired) electrons. The summed E-state index contributed by atoms with van der Waals surface area (Å²) in [6.07, 6.45) is 2.76. The Labute approximate surface area is 191 Å². The second-order valence-corrected chi connectivity index (χ2v) is 8.78. The Morgan fingerprint density at radius 3 is 2.55 bits per heavy atom. The van der Waals surface area contributed by atoms with Crippen LogP contribution in [0.4, 0.5) is 0 Å². The fraction of sp³-hybridized carbons (Fsp3) is 0.440. The van der Waals surface area contributed by atoms with Crippen molar-refractivity contribution in [3.8, 4) is 17.2 Å². The topological polar surface area (TPSA) is 94.6 Å². The Morgan fingerprint density at radius 2 is 1.79 bits per heavy atom. The zero-order valence-corrected chi connectivity index (χ0v) is 19.1. The zero-order chi connectivity index (χ0) is 23.1. The normalized spacial score (nSPS) is 21.5. The number of aromatic amines is 1. The third-order valence-electron chi connectivity index (χ3n) is 7.30. The number of hydrogen-bond acceptors (Lipinski definition) is 6. The number of nitrogens with zero attached hydrogens (tertiary/aromatic N) is 1. The summed E-state index contributed by atoms with van der Waals surface area (Å²) in [4.78, 5) is 28.7. The molecular weight excluding hydrogens is 422 g/mol. The number of benzene rings is 2. The standard InChI is InChI=1S/C25H29N3O5/c1-31-21-6-4-5-14-16(21)8-7-15-18(14)13-26-19(15)9-10-28-24(29)17-11-22(32-2)23(33-3)12-20(17)27-25(28)30/h4-6,11-12,15,18-19,26H,7-10,13H2,1-3H3,(H,27,30)/t15-,18-,19?/m0/s1. The molecule has 33 heavy (non-hydrogen) atoms. The van der Waals surface area contributed by atoms with E-state index in [0.29, 0.717) is 47.2 Å². The van der Waals surface area contributed by atoms with E-state index in [2.05, 4.69) is 22.4 Å². The molecule has 3 aromatic rings. The van der Waals surface area contributed by atoms with Gasteiger partial charge in [-0.1, -0.05) is 12.1 Å².